The molecule has 2 aromatic rings. The molecule has 2 aliphatic rings. The molecule has 1 N–H and O–H groups in total. The number of thiophene rings is 1. The van der Waals surface area contributed by atoms with Gasteiger partial charge in [0.2, 0.25) is 0 Å². The van der Waals surface area contributed by atoms with Crippen LogP contribution in [0.1, 0.15) is 78.3 Å². The molecule has 14 heteroatoms. The fourth-order valence-corrected chi connectivity index (χ4v) is 5.52. The standard InChI is InChI=1S/C27H29N3O10S/c1-26(2,3)39-24(34)19-14-10-16(22(32)29-11-13-8-7-9-15(30(36)37)18(13)23(29)33)38-12-17(14)41-21(19)28-20(31)25(35)40-27(4,5)6/h7-9,16H,10-12H2,1-6H3,(H,28,31). The van der Waals surface area contributed by atoms with Gasteiger partial charge in [0, 0.05) is 17.4 Å². The molecule has 4 rings (SSSR count). The molecule has 0 bridgehead atoms. The highest BCUT2D eigenvalue weighted by Gasteiger charge is 2.43. The molecule has 0 spiro atoms. The lowest BCUT2D eigenvalue weighted by Gasteiger charge is -2.26. The fraction of sp³-hybridized carbons (Fsp3) is 0.444. The van der Waals surface area contributed by atoms with E-state index in [1.165, 1.54) is 18.2 Å². The first-order chi connectivity index (χ1) is 19.0. The first-order valence-electron chi connectivity index (χ1n) is 12.6. The van der Waals surface area contributed by atoms with Crippen LogP contribution in [0.4, 0.5) is 10.7 Å². The monoisotopic (exact) mass is 587 g/mol. The molecule has 1 aromatic heterocycles. The Hall–Kier alpha value is -4.17. The molecule has 3 amide bonds. The van der Waals surface area contributed by atoms with Crippen LogP contribution in [0.5, 0.6) is 0 Å². The largest absolute Gasteiger partial charge is 0.456 e. The maximum Gasteiger partial charge on any atom is 0.397 e. The van der Waals surface area contributed by atoms with E-state index in [4.69, 9.17) is 14.2 Å². The molecular formula is C27H29N3O10S. The van der Waals surface area contributed by atoms with Gasteiger partial charge in [0.15, 0.2) is 0 Å². The van der Waals surface area contributed by atoms with Crippen molar-refractivity contribution in [1.82, 2.24) is 4.90 Å². The van der Waals surface area contributed by atoms with E-state index in [0.29, 0.717) is 16.0 Å². The number of nitro groups is 1. The van der Waals surface area contributed by atoms with E-state index in [9.17, 15) is 34.1 Å². The van der Waals surface area contributed by atoms with Crippen LogP contribution in [0.25, 0.3) is 0 Å². The summed E-state index contributed by atoms with van der Waals surface area (Å²) < 4.78 is 16.4. The molecule has 1 aromatic carbocycles. The van der Waals surface area contributed by atoms with Crippen molar-refractivity contribution in [3.8, 4) is 0 Å². The van der Waals surface area contributed by atoms with Gasteiger partial charge >= 0.3 is 17.8 Å². The number of ether oxygens (including phenoxy) is 3. The van der Waals surface area contributed by atoms with Gasteiger partial charge in [0.05, 0.1) is 23.6 Å². The number of carbonyl (C=O) groups is 5. The SMILES string of the molecule is CC(C)(C)OC(=O)C(=O)Nc1sc2c(c1C(=O)OC(C)(C)C)CC(C(=O)N1Cc3cccc([N+](=O)[O-])c3C1=O)OC2. The second-order valence-electron chi connectivity index (χ2n) is 11.5. The summed E-state index contributed by atoms with van der Waals surface area (Å²) in [5.74, 6) is -4.58. The van der Waals surface area contributed by atoms with Crippen LogP contribution in [0.3, 0.4) is 0 Å². The van der Waals surface area contributed by atoms with Gasteiger partial charge in [-0.05, 0) is 52.7 Å². The summed E-state index contributed by atoms with van der Waals surface area (Å²) in [6.07, 6.45) is -1.35. The van der Waals surface area contributed by atoms with Gasteiger partial charge in [0.1, 0.15) is 27.9 Å². The average molecular weight is 588 g/mol. The lowest BCUT2D eigenvalue weighted by Crippen LogP contribution is -2.43. The van der Waals surface area contributed by atoms with Gasteiger partial charge in [-0.3, -0.25) is 29.4 Å². The maximum absolute atomic E-state index is 13.5. The molecule has 41 heavy (non-hydrogen) atoms. The summed E-state index contributed by atoms with van der Waals surface area (Å²) in [7, 11) is 0. The highest BCUT2D eigenvalue weighted by atomic mass is 32.1. The number of carbonyl (C=O) groups excluding carboxylic acids is 5. The van der Waals surface area contributed by atoms with Crippen molar-refractivity contribution in [2.45, 2.75) is 78.4 Å². The molecule has 218 valence electrons. The Bertz CT molecular complexity index is 1480. The number of benzene rings is 1. The zero-order chi connectivity index (χ0) is 30.4. The van der Waals surface area contributed by atoms with Gasteiger partial charge in [-0.25, -0.2) is 9.59 Å². The minimum Gasteiger partial charge on any atom is -0.456 e. The van der Waals surface area contributed by atoms with E-state index in [-0.39, 0.29) is 35.7 Å². The smallest absolute Gasteiger partial charge is 0.397 e. The van der Waals surface area contributed by atoms with Crippen molar-refractivity contribution >= 4 is 51.7 Å². The van der Waals surface area contributed by atoms with E-state index >= 15 is 0 Å². The third-order valence-corrected chi connectivity index (χ3v) is 7.09. The minimum atomic E-state index is -1.20. The number of hydrogen-bond donors (Lipinski definition) is 1. The molecule has 0 fully saturated rings. The van der Waals surface area contributed by atoms with E-state index in [2.05, 4.69) is 5.32 Å². The third-order valence-electron chi connectivity index (χ3n) is 5.96. The van der Waals surface area contributed by atoms with Gasteiger partial charge in [-0.15, -0.1) is 11.3 Å². The number of imide groups is 1. The lowest BCUT2D eigenvalue weighted by atomic mass is 9.99. The van der Waals surface area contributed by atoms with E-state index in [1.807, 2.05) is 0 Å². The summed E-state index contributed by atoms with van der Waals surface area (Å²) in [5.41, 5.74) is -1.71. The summed E-state index contributed by atoms with van der Waals surface area (Å²) >= 11 is 0.989. The molecule has 0 saturated carbocycles. The quantitative estimate of drug-likeness (QED) is 0.183. The van der Waals surface area contributed by atoms with Crippen LogP contribution in [0.15, 0.2) is 18.2 Å². The van der Waals surface area contributed by atoms with Crippen molar-refractivity contribution in [3.05, 3.63) is 55.4 Å². The summed E-state index contributed by atoms with van der Waals surface area (Å²) in [6.45, 7) is 9.49. The Morgan fingerprint density at radius 2 is 1.76 bits per heavy atom. The molecule has 2 aliphatic heterocycles. The van der Waals surface area contributed by atoms with Crippen molar-refractivity contribution in [1.29, 1.82) is 0 Å². The van der Waals surface area contributed by atoms with Crippen LogP contribution >= 0.6 is 11.3 Å². The Labute approximate surface area is 238 Å². The zero-order valence-corrected chi connectivity index (χ0v) is 24.1. The van der Waals surface area contributed by atoms with Crippen LogP contribution in [-0.2, 0) is 48.2 Å². The van der Waals surface area contributed by atoms with Gasteiger partial charge in [-0.1, -0.05) is 12.1 Å². The molecule has 0 saturated heterocycles. The van der Waals surface area contributed by atoms with Gasteiger partial charge in [0.25, 0.3) is 17.5 Å². The topological polar surface area (TPSA) is 171 Å². The number of esters is 2. The predicted octanol–water partition coefficient (Wildman–Crippen LogP) is 3.52. The Morgan fingerprint density at radius 1 is 1.10 bits per heavy atom. The number of fused-ring (bicyclic) bond motifs is 2. The van der Waals surface area contributed by atoms with Crippen LogP contribution in [0.2, 0.25) is 0 Å². The number of nitrogens with one attached hydrogen (secondary N) is 1. The maximum atomic E-state index is 13.5. The van der Waals surface area contributed by atoms with Crippen molar-refractivity contribution in [2.24, 2.45) is 0 Å². The molecule has 0 aliphatic carbocycles. The third kappa shape index (κ3) is 6.28. The van der Waals surface area contributed by atoms with Crippen molar-refractivity contribution in [3.63, 3.8) is 0 Å². The highest BCUT2D eigenvalue weighted by molar-refractivity contribution is 7.17. The van der Waals surface area contributed by atoms with E-state index in [0.717, 1.165) is 16.2 Å². The second kappa shape index (κ2) is 10.7. The second-order valence-corrected chi connectivity index (χ2v) is 12.6. The zero-order valence-electron chi connectivity index (χ0n) is 23.3. The minimum absolute atomic E-state index is 0.0251. The number of hydrogen-bond acceptors (Lipinski definition) is 11. The van der Waals surface area contributed by atoms with E-state index in [1.54, 1.807) is 41.5 Å². The van der Waals surface area contributed by atoms with E-state index < -0.39 is 57.6 Å². The van der Waals surface area contributed by atoms with Crippen molar-refractivity contribution in [2.75, 3.05) is 5.32 Å². The Balaban J connectivity index is 1.63. The van der Waals surface area contributed by atoms with Crippen molar-refractivity contribution < 1.29 is 43.1 Å². The summed E-state index contributed by atoms with van der Waals surface area (Å²) in [5, 5.41) is 13.9. The van der Waals surface area contributed by atoms with Gasteiger partial charge < -0.3 is 19.5 Å². The Kier molecular flexibility index (Phi) is 7.76. The Morgan fingerprint density at radius 3 is 2.37 bits per heavy atom. The van der Waals surface area contributed by atoms with Crippen LogP contribution < -0.4 is 5.32 Å². The van der Waals surface area contributed by atoms with Gasteiger partial charge in [-0.2, -0.15) is 0 Å². The number of anilines is 1. The predicted molar refractivity (Wildman–Crippen MR) is 144 cm³/mol. The first-order valence-corrected chi connectivity index (χ1v) is 13.4. The number of nitro benzene ring substituents is 1. The fourth-order valence-electron chi connectivity index (χ4n) is 4.38. The number of amides is 3. The molecule has 13 nitrogen and oxygen atoms in total. The highest BCUT2D eigenvalue weighted by Crippen LogP contribution is 2.40. The normalized spacial score (nSPS) is 16.5. The molecule has 1 unspecified atom stereocenters. The van der Waals surface area contributed by atoms with Crippen LogP contribution in [-0.4, -0.2) is 56.8 Å². The average Bonchev–Trinajstić information content (AvgIpc) is 3.38. The number of rotatable bonds is 4. The molecule has 1 atom stereocenters. The summed E-state index contributed by atoms with van der Waals surface area (Å²) in [6, 6.07) is 4.17. The van der Waals surface area contributed by atoms with Crippen LogP contribution in [0, 0.1) is 10.1 Å². The summed E-state index contributed by atoms with van der Waals surface area (Å²) in [4.78, 5) is 76.9. The molecular weight excluding hydrogens is 558 g/mol. The molecule has 3 heterocycles. The molecule has 0 radical (unpaired) electrons. The lowest BCUT2D eigenvalue weighted by molar-refractivity contribution is -0.385. The first kappa shape index (κ1) is 29.8. The number of nitrogens with zero attached hydrogens (tertiary/aromatic N) is 2.